The van der Waals surface area contributed by atoms with Crippen LogP contribution in [0.1, 0.15) is 0 Å². The molecule has 0 radical (unpaired) electrons. The van der Waals surface area contributed by atoms with E-state index in [1.807, 2.05) is 0 Å². The van der Waals surface area contributed by atoms with Crippen molar-refractivity contribution < 1.29 is 51.5 Å². The number of alkyl halides is 6. The molecule has 0 saturated carbocycles. The average Bonchev–Trinajstić information content (AvgIpc) is 2.58. The van der Waals surface area contributed by atoms with Gasteiger partial charge in [-0.2, -0.15) is 43.2 Å². The SMILES string of the molecule is O=S(=O)(Oc1cccc2cc3cccc(OS(=O)(=O)C(F)(F)F)c3cc12)C(F)(F)F. The van der Waals surface area contributed by atoms with Crippen LogP contribution in [0.4, 0.5) is 26.3 Å². The van der Waals surface area contributed by atoms with E-state index in [0.717, 1.165) is 18.2 Å². The second-order valence-electron chi connectivity index (χ2n) is 5.77. The van der Waals surface area contributed by atoms with E-state index in [-0.39, 0.29) is 21.5 Å². The monoisotopic (exact) mass is 474 g/mol. The van der Waals surface area contributed by atoms with Gasteiger partial charge in [0.25, 0.3) is 0 Å². The van der Waals surface area contributed by atoms with Gasteiger partial charge in [-0.15, -0.1) is 0 Å². The first-order valence-electron chi connectivity index (χ1n) is 7.59. The van der Waals surface area contributed by atoms with E-state index in [9.17, 15) is 43.2 Å². The lowest BCUT2D eigenvalue weighted by atomic mass is 10.0. The van der Waals surface area contributed by atoms with Crippen molar-refractivity contribution in [2.24, 2.45) is 0 Å². The van der Waals surface area contributed by atoms with Crippen LogP contribution >= 0.6 is 0 Å². The molecule has 0 unspecified atom stereocenters. The maximum Gasteiger partial charge on any atom is 0.534 e. The molecule has 14 heteroatoms. The van der Waals surface area contributed by atoms with E-state index in [0.29, 0.717) is 0 Å². The fourth-order valence-corrected chi connectivity index (χ4v) is 3.42. The van der Waals surface area contributed by atoms with Gasteiger partial charge in [-0.3, -0.25) is 0 Å². The number of benzene rings is 3. The molecular formula is C16H8F6O6S2. The zero-order chi connectivity index (χ0) is 22.5. The summed E-state index contributed by atoms with van der Waals surface area (Å²) in [5.41, 5.74) is -11.4. The van der Waals surface area contributed by atoms with Crippen LogP contribution < -0.4 is 8.37 Å². The highest BCUT2D eigenvalue weighted by Crippen LogP contribution is 2.37. The molecule has 3 rings (SSSR count). The van der Waals surface area contributed by atoms with Gasteiger partial charge in [0.15, 0.2) is 11.5 Å². The van der Waals surface area contributed by atoms with Crippen molar-refractivity contribution in [1.29, 1.82) is 0 Å². The molecule has 0 fully saturated rings. The zero-order valence-corrected chi connectivity index (χ0v) is 15.8. The van der Waals surface area contributed by atoms with Crippen LogP contribution in [0.5, 0.6) is 11.5 Å². The Morgan fingerprint density at radius 1 is 0.600 bits per heavy atom. The van der Waals surface area contributed by atoms with Crippen molar-refractivity contribution in [3.05, 3.63) is 48.5 Å². The molecule has 0 bridgehead atoms. The van der Waals surface area contributed by atoms with Crippen LogP contribution in [0, 0.1) is 0 Å². The largest absolute Gasteiger partial charge is 0.534 e. The maximum absolute atomic E-state index is 12.6. The lowest BCUT2D eigenvalue weighted by molar-refractivity contribution is -0.0504. The zero-order valence-electron chi connectivity index (χ0n) is 14.2. The summed E-state index contributed by atoms with van der Waals surface area (Å²) in [4.78, 5) is 0. The van der Waals surface area contributed by atoms with Gasteiger partial charge in [-0.1, -0.05) is 24.3 Å². The molecule has 3 aromatic carbocycles. The lowest BCUT2D eigenvalue weighted by Crippen LogP contribution is -2.28. The first-order valence-corrected chi connectivity index (χ1v) is 10.4. The van der Waals surface area contributed by atoms with Crippen molar-refractivity contribution in [3.8, 4) is 11.5 Å². The second kappa shape index (κ2) is 6.91. The molecule has 0 aromatic heterocycles. The maximum atomic E-state index is 12.6. The summed E-state index contributed by atoms with van der Waals surface area (Å²) in [6, 6.07) is 9.19. The molecule has 3 aromatic rings. The van der Waals surface area contributed by atoms with Crippen LogP contribution in [-0.2, 0) is 20.2 Å². The normalized spacial score (nSPS) is 13.5. The Hall–Kier alpha value is -2.74. The van der Waals surface area contributed by atoms with Crippen molar-refractivity contribution in [3.63, 3.8) is 0 Å². The number of hydrogen-bond donors (Lipinski definition) is 0. The predicted octanol–water partition coefficient (Wildman–Crippen LogP) is 4.45. The number of fused-ring (bicyclic) bond motifs is 2. The Kier molecular flexibility index (Phi) is 5.05. The Balaban J connectivity index is 2.22. The van der Waals surface area contributed by atoms with E-state index >= 15 is 0 Å². The first-order chi connectivity index (χ1) is 13.6. The highest BCUT2D eigenvalue weighted by atomic mass is 32.2. The van der Waals surface area contributed by atoms with Crippen molar-refractivity contribution in [2.45, 2.75) is 11.0 Å². The Bertz CT molecular complexity index is 1240. The van der Waals surface area contributed by atoms with Crippen LogP contribution in [-0.4, -0.2) is 27.9 Å². The van der Waals surface area contributed by atoms with Gasteiger partial charge in [0, 0.05) is 10.8 Å². The number of rotatable bonds is 4. The van der Waals surface area contributed by atoms with Crippen LogP contribution in [0.25, 0.3) is 21.5 Å². The van der Waals surface area contributed by atoms with Crippen LogP contribution in [0.2, 0.25) is 0 Å². The molecule has 0 amide bonds. The fraction of sp³-hybridized carbons (Fsp3) is 0.125. The molecular weight excluding hydrogens is 466 g/mol. The molecule has 0 spiro atoms. The van der Waals surface area contributed by atoms with E-state index in [1.54, 1.807) is 0 Å². The number of hydrogen-bond acceptors (Lipinski definition) is 6. The summed E-state index contributed by atoms with van der Waals surface area (Å²) in [6.45, 7) is 0. The van der Waals surface area contributed by atoms with Gasteiger partial charge < -0.3 is 8.37 Å². The van der Waals surface area contributed by atoms with Crippen LogP contribution in [0.3, 0.4) is 0 Å². The lowest BCUT2D eigenvalue weighted by Gasteiger charge is -2.14. The van der Waals surface area contributed by atoms with Crippen LogP contribution in [0.15, 0.2) is 48.5 Å². The van der Waals surface area contributed by atoms with Gasteiger partial charge in [0.1, 0.15) is 0 Å². The van der Waals surface area contributed by atoms with Gasteiger partial charge in [-0.25, -0.2) is 0 Å². The molecule has 0 saturated heterocycles. The standard InChI is InChI=1S/C16H8F6O6S2/c17-15(18,19)29(23,24)27-13-5-1-3-9-7-10-4-2-6-14(12(10)8-11(9)13)28-30(25,26)16(20,21)22/h1-8H. The molecule has 0 heterocycles. The third-order valence-corrected chi connectivity index (χ3v) is 5.70. The Labute approximate surface area is 164 Å². The summed E-state index contributed by atoms with van der Waals surface area (Å²) in [5.74, 6) is -1.53. The summed E-state index contributed by atoms with van der Waals surface area (Å²) in [6.07, 6.45) is 0. The van der Waals surface area contributed by atoms with Crippen molar-refractivity contribution >= 4 is 41.8 Å². The molecule has 0 aliphatic carbocycles. The van der Waals surface area contributed by atoms with Gasteiger partial charge >= 0.3 is 31.3 Å². The summed E-state index contributed by atoms with van der Waals surface area (Å²) in [7, 11) is -12.1. The molecule has 0 aliphatic rings. The fourth-order valence-electron chi connectivity index (χ4n) is 2.47. The molecule has 0 atom stereocenters. The summed E-state index contributed by atoms with van der Waals surface area (Å²) >= 11 is 0. The Morgan fingerprint density at radius 3 is 1.30 bits per heavy atom. The smallest absolute Gasteiger partial charge is 0.375 e. The van der Waals surface area contributed by atoms with E-state index in [4.69, 9.17) is 0 Å². The summed E-state index contributed by atoms with van der Waals surface area (Å²) < 4.78 is 129. The van der Waals surface area contributed by atoms with Gasteiger partial charge in [0.05, 0.1) is 0 Å². The van der Waals surface area contributed by atoms with Crippen molar-refractivity contribution in [2.75, 3.05) is 0 Å². The molecule has 0 N–H and O–H groups in total. The Morgan fingerprint density at radius 2 is 0.967 bits per heavy atom. The first kappa shape index (κ1) is 22.0. The number of halogens is 6. The summed E-state index contributed by atoms with van der Waals surface area (Å²) in [5, 5.41) is -0.127. The van der Waals surface area contributed by atoms with Gasteiger partial charge in [-0.05, 0) is 35.0 Å². The van der Waals surface area contributed by atoms with Crippen molar-refractivity contribution in [1.82, 2.24) is 0 Å². The average molecular weight is 474 g/mol. The minimum absolute atomic E-state index is 0.174. The minimum Gasteiger partial charge on any atom is -0.375 e. The third kappa shape index (κ3) is 3.96. The highest BCUT2D eigenvalue weighted by Gasteiger charge is 2.49. The molecule has 30 heavy (non-hydrogen) atoms. The van der Waals surface area contributed by atoms with E-state index < -0.39 is 42.8 Å². The quantitative estimate of drug-likeness (QED) is 0.240. The van der Waals surface area contributed by atoms with E-state index in [1.165, 1.54) is 30.3 Å². The predicted molar refractivity (Wildman–Crippen MR) is 92.7 cm³/mol. The molecule has 162 valence electrons. The third-order valence-electron chi connectivity index (χ3n) is 3.77. The topological polar surface area (TPSA) is 86.7 Å². The van der Waals surface area contributed by atoms with Gasteiger partial charge in [0.2, 0.25) is 0 Å². The molecule has 6 nitrogen and oxygen atoms in total. The van der Waals surface area contributed by atoms with E-state index in [2.05, 4.69) is 8.37 Å². The molecule has 0 aliphatic heterocycles. The minimum atomic E-state index is -6.03. The highest BCUT2D eigenvalue weighted by molar-refractivity contribution is 7.88. The second-order valence-corrected chi connectivity index (χ2v) is 8.85.